The van der Waals surface area contributed by atoms with Gasteiger partial charge in [0.2, 0.25) is 17.7 Å². The number of carbonyl (C=O) groups is 4. The van der Waals surface area contributed by atoms with Gasteiger partial charge >= 0.3 is 5.97 Å². The molecule has 0 saturated heterocycles. The summed E-state index contributed by atoms with van der Waals surface area (Å²) in [6, 6.07) is -3.82. The quantitative estimate of drug-likeness (QED) is 0.199. The number of nitrogens with two attached hydrogens (primary N) is 1. The largest absolute Gasteiger partial charge is 0.480 e. The molecule has 0 aromatic carbocycles. The van der Waals surface area contributed by atoms with Crippen molar-refractivity contribution in [2.75, 3.05) is 12.0 Å². The minimum Gasteiger partial charge on any atom is -0.480 e. The maximum atomic E-state index is 13.1. The Kier molecular flexibility index (Phi) is 12.7. The Morgan fingerprint density at radius 2 is 1.71 bits per heavy atom. The van der Waals surface area contributed by atoms with Gasteiger partial charge in [0.25, 0.3) is 0 Å². The SMILES string of the molecule is CCC(C)C(NC(=O)C(NC(=O)C(N)CCSC)C(C)C)C(=O)NC(Cc1cnc[nH]1)C(=O)O. The second-order valence-corrected chi connectivity index (χ2v) is 9.66. The molecule has 5 atom stereocenters. The van der Waals surface area contributed by atoms with E-state index in [9.17, 15) is 24.3 Å². The van der Waals surface area contributed by atoms with Crippen LogP contribution in [0.2, 0.25) is 0 Å². The van der Waals surface area contributed by atoms with Crippen LogP contribution in [0.1, 0.15) is 46.2 Å². The van der Waals surface area contributed by atoms with E-state index < -0.39 is 47.9 Å². The first kappa shape index (κ1) is 29.4. The van der Waals surface area contributed by atoms with Crippen molar-refractivity contribution in [1.82, 2.24) is 25.9 Å². The lowest BCUT2D eigenvalue weighted by Gasteiger charge is -2.29. The monoisotopic (exact) mass is 498 g/mol. The summed E-state index contributed by atoms with van der Waals surface area (Å²) in [5.41, 5.74) is 6.48. The Morgan fingerprint density at radius 1 is 1.09 bits per heavy atom. The third-order valence-corrected chi connectivity index (χ3v) is 6.25. The number of hydrogen-bond donors (Lipinski definition) is 6. The topological polar surface area (TPSA) is 179 Å². The molecule has 0 aliphatic rings. The van der Waals surface area contributed by atoms with Crippen molar-refractivity contribution in [2.24, 2.45) is 17.6 Å². The zero-order valence-corrected chi connectivity index (χ0v) is 21.3. The van der Waals surface area contributed by atoms with E-state index in [4.69, 9.17) is 5.73 Å². The summed E-state index contributed by atoms with van der Waals surface area (Å²) in [5.74, 6) is -2.60. The van der Waals surface area contributed by atoms with Crippen LogP contribution in [-0.2, 0) is 25.6 Å². The number of aliphatic carboxylic acids is 1. The van der Waals surface area contributed by atoms with Crippen molar-refractivity contribution >= 4 is 35.5 Å². The smallest absolute Gasteiger partial charge is 0.326 e. The highest BCUT2D eigenvalue weighted by molar-refractivity contribution is 7.98. The average molecular weight is 499 g/mol. The van der Waals surface area contributed by atoms with Gasteiger partial charge in [-0.25, -0.2) is 9.78 Å². The number of hydrogen-bond acceptors (Lipinski definition) is 7. The Hall–Kier alpha value is -2.60. The normalized spacial score (nSPS) is 15.6. The minimum absolute atomic E-state index is 0.0147. The number of H-pyrrole nitrogens is 1. The highest BCUT2D eigenvalue weighted by Gasteiger charge is 2.33. The number of thioether (sulfide) groups is 1. The molecule has 1 aromatic heterocycles. The molecule has 1 rings (SSSR count). The molecule has 0 saturated carbocycles. The lowest BCUT2D eigenvalue weighted by Crippen LogP contribution is -2.60. The Bertz CT molecular complexity index is 804. The number of aromatic nitrogens is 2. The number of carboxylic acids is 1. The van der Waals surface area contributed by atoms with E-state index in [1.54, 1.807) is 32.5 Å². The molecule has 12 heteroatoms. The highest BCUT2D eigenvalue weighted by atomic mass is 32.2. The second kappa shape index (κ2) is 14.6. The summed E-state index contributed by atoms with van der Waals surface area (Å²) in [4.78, 5) is 57.0. The molecule has 0 aliphatic heterocycles. The van der Waals surface area contributed by atoms with Crippen molar-refractivity contribution in [3.8, 4) is 0 Å². The van der Waals surface area contributed by atoms with E-state index >= 15 is 0 Å². The standard InChI is InChI=1S/C22H38N6O5S/c1-6-13(4)18(21(31)26-16(22(32)33)9-14-10-24-11-25-14)28-20(30)17(12(2)3)27-19(29)15(23)7-8-34-5/h10-13,15-18H,6-9,23H2,1-5H3,(H,24,25)(H,26,31)(H,27,29)(H,28,30)(H,32,33). The van der Waals surface area contributed by atoms with Gasteiger partial charge in [-0.1, -0.05) is 34.1 Å². The summed E-state index contributed by atoms with van der Waals surface area (Å²) in [6.45, 7) is 7.21. The van der Waals surface area contributed by atoms with Crippen molar-refractivity contribution in [1.29, 1.82) is 0 Å². The summed E-state index contributed by atoms with van der Waals surface area (Å²) < 4.78 is 0. The van der Waals surface area contributed by atoms with E-state index in [2.05, 4.69) is 25.9 Å². The summed E-state index contributed by atoms with van der Waals surface area (Å²) in [5, 5.41) is 17.5. The molecule has 0 spiro atoms. The molecular formula is C22H38N6O5S. The fraction of sp³-hybridized carbons (Fsp3) is 0.682. The molecule has 0 radical (unpaired) electrons. The van der Waals surface area contributed by atoms with Gasteiger partial charge in [0.05, 0.1) is 12.4 Å². The molecule has 34 heavy (non-hydrogen) atoms. The number of rotatable bonds is 15. The van der Waals surface area contributed by atoms with Crippen LogP contribution in [0.25, 0.3) is 0 Å². The number of carboxylic acid groups (broad SMARTS) is 1. The van der Waals surface area contributed by atoms with Gasteiger partial charge in [-0.3, -0.25) is 14.4 Å². The summed E-state index contributed by atoms with van der Waals surface area (Å²) in [7, 11) is 0. The molecule has 5 unspecified atom stereocenters. The van der Waals surface area contributed by atoms with Crippen LogP contribution in [0.3, 0.4) is 0 Å². The second-order valence-electron chi connectivity index (χ2n) is 8.67. The average Bonchev–Trinajstić information content (AvgIpc) is 3.30. The number of imidazole rings is 1. The molecule has 1 aromatic rings. The van der Waals surface area contributed by atoms with Crippen LogP contribution >= 0.6 is 11.8 Å². The molecule has 192 valence electrons. The van der Waals surface area contributed by atoms with Crippen LogP contribution in [0.15, 0.2) is 12.5 Å². The predicted octanol–water partition coefficient (Wildman–Crippen LogP) is 0.274. The van der Waals surface area contributed by atoms with Gasteiger partial charge in [-0.2, -0.15) is 11.8 Å². The molecular weight excluding hydrogens is 460 g/mol. The van der Waals surface area contributed by atoms with Crippen LogP contribution in [-0.4, -0.2) is 74.9 Å². The van der Waals surface area contributed by atoms with Crippen LogP contribution < -0.4 is 21.7 Å². The van der Waals surface area contributed by atoms with Crippen LogP contribution in [0.4, 0.5) is 0 Å². The number of nitrogens with zero attached hydrogens (tertiary/aromatic N) is 1. The molecule has 7 N–H and O–H groups in total. The number of aromatic amines is 1. The molecule has 0 aliphatic carbocycles. The lowest BCUT2D eigenvalue weighted by atomic mass is 9.96. The first-order valence-corrected chi connectivity index (χ1v) is 12.8. The van der Waals surface area contributed by atoms with Crippen LogP contribution in [0, 0.1) is 11.8 Å². The fourth-order valence-electron chi connectivity index (χ4n) is 3.19. The van der Waals surface area contributed by atoms with Gasteiger partial charge in [0, 0.05) is 18.3 Å². The number of amides is 3. The molecule has 3 amide bonds. The maximum Gasteiger partial charge on any atom is 0.326 e. The first-order valence-electron chi connectivity index (χ1n) is 11.4. The van der Waals surface area contributed by atoms with Crippen molar-refractivity contribution in [3.63, 3.8) is 0 Å². The third-order valence-electron chi connectivity index (χ3n) is 5.60. The lowest BCUT2D eigenvalue weighted by molar-refractivity contribution is -0.142. The van der Waals surface area contributed by atoms with Gasteiger partial charge in [0.1, 0.15) is 18.1 Å². The predicted molar refractivity (Wildman–Crippen MR) is 131 cm³/mol. The summed E-state index contributed by atoms with van der Waals surface area (Å²) in [6.07, 6.45) is 5.88. The molecule has 0 bridgehead atoms. The van der Waals surface area contributed by atoms with Crippen LogP contribution in [0.5, 0.6) is 0 Å². The van der Waals surface area contributed by atoms with E-state index in [-0.39, 0.29) is 18.3 Å². The Morgan fingerprint density at radius 3 is 2.21 bits per heavy atom. The van der Waals surface area contributed by atoms with E-state index in [1.165, 1.54) is 12.5 Å². The van der Waals surface area contributed by atoms with Crippen molar-refractivity contribution < 1.29 is 24.3 Å². The van der Waals surface area contributed by atoms with E-state index in [0.29, 0.717) is 24.3 Å². The first-order chi connectivity index (χ1) is 16.0. The zero-order valence-electron chi connectivity index (χ0n) is 20.5. The van der Waals surface area contributed by atoms with Gasteiger partial charge < -0.3 is 31.8 Å². The molecule has 0 fully saturated rings. The van der Waals surface area contributed by atoms with Crippen molar-refractivity contribution in [3.05, 3.63) is 18.2 Å². The third kappa shape index (κ3) is 9.34. The minimum atomic E-state index is -1.20. The fourth-order valence-corrected chi connectivity index (χ4v) is 3.68. The Balaban J connectivity index is 2.94. The molecule has 1 heterocycles. The van der Waals surface area contributed by atoms with Gasteiger partial charge in [0.15, 0.2) is 0 Å². The zero-order chi connectivity index (χ0) is 25.8. The maximum absolute atomic E-state index is 13.1. The highest BCUT2D eigenvalue weighted by Crippen LogP contribution is 2.12. The molecule has 11 nitrogen and oxygen atoms in total. The van der Waals surface area contributed by atoms with Gasteiger partial charge in [-0.05, 0) is 30.3 Å². The van der Waals surface area contributed by atoms with Gasteiger partial charge in [-0.15, -0.1) is 0 Å². The van der Waals surface area contributed by atoms with E-state index in [0.717, 1.165) is 0 Å². The Labute approximate surface area is 204 Å². The van der Waals surface area contributed by atoms with E-state index in [1.807, 2.05) is 13.2 Å². The number of carbonyl (C=O) groups excluding carboxylic acids is 3. The number of nitrogens with one attached hydrogen (secondary N) is 4. The summed E-state index contributed by atoms with van der Waals surface area (Å²) >= 11 is 1.57. The van der Waals surface area contributed by atoms with Crippen molar-refractivity contribution in [2.45, 2.75) is 71.1 Å².